The Kier molecular flexibility index (Phi) is 4.36. The van der Waals surface area contributed by atoms with Crippen molar-refractivity contribution in [2.75, 3.05) is 5.32 Å². The number of benzene rings is 2. The quantitative estimate of drug-likeness (QED) is 0.759. The summed E-state index contributed by atoms with van der Waals surface area (Å²) in [6, 6.07) is 13.8. The molecule has 1 N–H and O–H groups in total. The second-order valence-corrected chi connectivity index (χ2v) is 5.79. The molecule has 0 atom stereocenters. The minimum atomic E-state index is -0.502. The van der Waals surface area contributed by atoms with E-state index in [9.17, 15) is 9.18 Å². The van der Waals surface area contributed by atoms with Gasteiger partial charge in [0.2, 0.25) is 0 Å². The molecule has 1 heterocycles. The molecule has 1 amide bonds. The predicted molar refractivity (Wildman–Crippen MR) is 92.4 cm³/mol. The first-order chi connectivity index (χ1) is 11.5. The van der Waals surface area contributed by atoms with Crippen LogP contribution in [0.25, 0.3) is 5.69 Å². The molecular weight excluding hydrogens is 329 g/mol. The summed E-state index contributed by atoms with van der Waals surface area (Å²) in [5.74, 6) is -0.998. The zero-order valence-corrected chi connectivity index (χ0v) is 13.9. The third kappa shape index (κ3) is 3.03. The first-order valence-electron chi connectivity index (χ1n) is 7.35. The van der Waals surface area contributed by atoms with E-state index in [1.165, 1.54) is 10.7 Å². The highest BCUT2D eigenvalue weighted by Gasteiger charge is 2.22. The van der Waals surface area contributed by atoms with Crippen LogP contribution in [-0.2, 0) is 0 Å². The molecule has 0 bridgehead atoms. The maximum Gasteiger partial charge on any atom is 0.260 e. The summed E-state index contributed by atoms with van der Waals surface area (Å²) in [6.45, 7) is 3.51. The van der Waals surface area contributed by atoms with Crippen molar-refractivity contribution < 1.29 is 9.18 Å². The molecule has 0 saturated heterocycles. The van der Waals surface area contributed by atoms with Gasteiger partial charge in [-0.25, -0.2) is 9.07 Å². The Labute approximate surface area is 143 Å². The van der Waals surface area contributed by atoms with Gasteiger partial charge in [-0.15, -0.1) is 0 Å². The number of amides is 1. The molecule has 122 valence electrons. The van der Waals surface area contributed by atoms with Crippen molar-refractivity contribution in [3.8, 4) is 5.69 Å². The maximum atomic E-state index is 13.8. The SMILES string of the molecule is Cc1ccc(F)c(NC(=O)c2c(C)nn(-c3ccccc3)c2Cl)c1. The standard InChI is InChI=1S/C18H15ClFN3O/c1-11-8-9-14(20)15(10-11)21-18(24)16-12(2)22-23(17(16)19)13-6-4-3-5-7-13/h3-10H,1-2H3,(H,21,24). The number of aryl methyl sites for hydroxylation is 2. The molecular formula is C18H15ClFN3O. The molecule has 0 unspecified atom stereocenters. The molecule has 0 spiro atoms. The van der Waals surface area contributed by atoms with E-state index in [-0.39, 0.29) is 16.4 Å². The Morgan fingerprint density at radius 2 is 1.88 bits per heavy atom. The Balaban J connectivity index is 1.96. The van der Waals surface area contributed by atoms with Gasteiger partial charge in [0.1, 0.15) is 16.5 Å². The molecule has 3 aromatic rings. The zero-order chi connectivity index (χ0) is 17.3. The fraction of sp³-hybridized carbons (Fsp3) is 0.111. The number of para-hydroxylation sites is 1. The Hall–Kier alpha value is -2.66. The number of anilines is 1. The minimum Gasteiger partial charge on any atom is -0.319 e. The molecule has 1 aromatic heterocycles. The van der Waals surface area contributed by atoms with Crippen molar-refractivity contribution in [2.45, 2.75) is 13.8 Å². The van der Waals surface area contributed by atoms with E-state index in [1.807, 2.05) is 37.3 Å². The zero-order valence-electron chi connectivity index (χ0n) is 13.2. The summed E-state index contributed by atoms with van der Waals surface area (Å²) in [6.07, 6.45) is 0. The van der Waals surface area contributed by atoms with Crippen LogP contribution in [0.2, 0.25) is 5.15 Å². The van der Waals surface area contributed by atoms with Crippen molar-refractivity contribution in [1.29, 1.82) is 0 Å². The van der Waals surface area contributed by atoms with Gasteiger partial charge in [0.15, 0.2) is 0 Å². The number of halogens is 2. The highest BCUT2D eigenvalue weighted by molar-refractivity contribution is 6.34. The fourth-order valence-corrected chi connectivity index (χ4v) is 2.78. The number of hydrogen-bond acceptors (Lipinski definition) is 2. The predicted octanol–water partition coefficient (Wildman–Crippen LogP) is 4.53. The lowest BCUT2D eigenvalue weighted by molar-refractivity contribution is 0.102. The molecule has 0 radical (unpaired) electrons. The number of nitrogens with one attached hydrogen (secondary N) is 1. The van der Waals surface area contributed by atoms with Gasteiger partial charge in [0.05, 0.1) is 17.1 Å². The first-order valence-corrected chi connectivity index (χ1v) is 7.73. The molecule has 0 saturated carbocycles. The smallest absolute Gasteiger partial charge is 0.260 e. The van der Waals surface area contributed by atoms with Crippen LogP contribution in [0.15, 0.2) is 48.5 Å². The number of hydrogen-bond donors (Lipinski definition) is 1. The van der Waals surface area contributed by atoms with Gasteiger partial charge in [0.25, 0.3) is 5.91 Å². The van der Waals surface area contributed by atoms with Crippen molar-refractivity contribution >= 4 is 23.2 Å². The Bertz CT molecular complexity index is 906. The normalized spacial score (nSPS) is 10.7. The summed E-state index contributed by atoms with van der Waals surface area (Å²) < 4.78 is 15.3. The van der Waals surface area contributed by atoms with Crippen LogP contribution in [0.4, 0.5) is 10.1 Å². The van der Waals surface area contributed by atoms with Crippen LogP contribution in [0.3, 0.4) is 0 Å². The second kappa shape index (κ2) is 6.45. The Morgan fingerprint density at radius 3 is 2.58 bits per heavy atom. The summed E-state index contributed by atoms with van der Waals surface area (Å²) in [7, 11) is 0. The molecule has 0 fully saturated rings. The average Bonchev–Trinajstić information content (AvgIpc) is 2.86. The van der Waals surface area contributed by atoms with Gasteiger partial charge >= 0.3 is 0 Å². The first kappa shape index (κ1) is 16.2. The van der Waals surface area contributed by atoms with E-state index in [1.54, 1.807) is 19.1 Å². The number of carbonyl (C=O) groups excluding carboxylic acids is 1. The summed E-state index contributed by atoms with van der Waals surface area (Å²) >= 11 is 6.34. The van der Waals surface area contributed by atoms with Crippen LogP contribution in [0.1, 0.15) is 21.6 Å². The van der Waals surface area contributed by atoms with Gasteiger partial charge in [-0.3, -0.25) is 4.79 Å². The van der Waals surface area contributed by atoms with Gasteiger partial charge < -0.3 is 5.32 Å². The van der Waals surface area contributed by atoms with Crippen LogP contribution >= 0.6 is 11.6 Å². The van der Waals surface area contributed by atoms with Crippen LogP contribution in [0, 0.1) is 19.7 Å². The van der Waals surface area contributed by atoms with Crippen molar-refractivity contribution in [3.05, 3.63) is 76.3 Å². The van der Waals surface area contributed by atoms with E-state index in [4.69, 9.17) is 11.6 Å². The molecule has 2 aromatic carbocycles. The van der Waals surface area contributed by atoms with Gasteiger partial charge in [-0.1, -0.05) is 35.9 Å². The van der Waals surface area contributed by atoms with Crippen molar-refractivity contribution in [1.82, 2.24) is 9.78 Å². The third-order valence-electron chi connectivity index (χ3n) is 3.60. The summed E-state index contributed by atoms with van der Waals surface area (Å²) in [5.41, 5.74) is 2.39. The van der Waals surface area contributed by atoms with Gasteiger partial charge in [-0.2, -0.15) is 5.10 Å². The fourth-order valence-electron chi connectivity index (χ4n) is 2.42. The lowest BCUT2D eigenvalue weighted by Crippen LogP contribution is -2.14. The number of aromatic nitrogens is 2. The number of rotatable bonds is 3. The number of nitrogens with zero attached hydrogens (tertiary/aromatic N) is 2. The topological polar surface area (TPSA) is 46.9 Å². The molecule has 6 heteroatoms. The molecule has 3 rings (SSSR count). The number of carbonyl (C=O) groups is 1. The average molecular weight is 344 g/mol. The molecule has 4 nitrogen and oxygen atoms in total. The lowest BCUT2D eigenvalue weighted by atomic mass is 10.2. The summed E-state index contributed by atoms with van der Waals surface area (Å²) in [4.78, 5) is 12.5. The highest BCUT2D eigenvalue weighted by Crippen LogP contribution is 2.25. The van der Waals surface area contributed by atoms with E-state index >= 15 is 0 Å². The lowest BCUT2D eigenvalue weighted by Gasteiger charge is -2.07. The van der Waals surface area contributed by atoms with Gasteiger partial charge in [-0.05, 0) is 43.7 Å². The van der Waals surface area contributed by atoms with Gasteiger partial charge in [0, 0.05) is 0 Å². The van der Waals surface area contributed by atoms with E-state index in [0.29, 0.717) is 5.69 Å². The van der Waals surface area contributed by atoms with Crippen molar-refractivity contribution in [2.24, 2.45) is 0 Å². The molecule has 24 heavy (non-hydrogen) atoms. The third-order valence-corrected chi connectivity index (χ3v) is 3.95. The minimum absolute atomic E-state index is 0.114. The molecule has 0 aliphatic heterocycles. The largest absolute Gasteiger partial charge is 0.319 e. The molecule has 0 aliphatic rings. The van der Waals surface area contributed by atoms with E-state index in [0.717, 1.165) is 11.3 Å². The molecule has 0 aliphatic carbocycles. The highest BCUT2D eigenvalue weighted by atomic mass is 35.5. The summed E-state index contributed by atoms with van der Waals surface area (Å²) in [5, 5.41) is 7.06. The van der Waals surface area contributed by atoms with Crippen LogP contribution < -0.4 is 5.32 Å². The van der Waals surface area contributed by atoms with E-state index in [2.05, 4.69) is 10.4 Å². The van der Waals surface area contributed by atoms with Crippen molar-refractivity contribution in [3.63, 3.8) is 0 Å². The second-order valence-electron chi connectivity index (χ2n) is 5.44. The van der Waals surface area contributed by atoms with E-state index < -0.39 is 11.7 Å². The maximum absolute atomic E-state index is 13.8. The van der Waals surface area contributed by atoms with Crippen LogP contribution in [0.5, 0.6) is 0 Å². The Morgan fingerprint density at radius 1 is 1.17 bits per heavy atom. The monoisotopic (exact) mass is 343 g/mol. The van der Waals surface area contributed by atoms with Crippen LogP contribution in [-0.4, -0.2) is 15.7 Å².